The molecule has 0 bridgehead atoms. The van der Waals surface area contributed by atoms with Crippen LogP contribution < -0.4 is 4.74 Å². The van der Waals surface area contributed by atoms with Crippen molar-refractivity contribution in [2.24, 2.45) is 0 Å². The standard InChI is InChI=1S/C20H18F3NO3S/c1-27-16-7-5-13(6-8-16)10-24-11-17(25)18(19(24)26)28-12-14-3-2-4-15(9-14)20(21,22)23/h2-9,25H,10-12H2,1H3. The molecule has 148 valence electrons. The van der Waals surface area contributed by atoms with Crippen LogP contribution in [-0.2, 0) is 23.3 Å². The Kier molecular flexibility index (Phi) is 5.88. The van der Waals surface area contributed by atoms with Gasteiger partial charge in [0.25, 0.3) is 5.91 Å². The van der Waals surface area contributed by atoms with Crippen molar-refractivity contribution in [3.05, 3.63) is 75.9 Å². The molecule has 0 aliphatic carbocycles. The Labute approximate surface area is 164 Å². The van der Waals surface area contributed by atoms with E-state index in [9.17, 15) is 23.1 Å². The highest BCUT2D eigenvalue weighted by atomic mass is 32.2. The number of carbonyl (C=O) groups is 1. The van der Waals surface area contributed by atoms with Gasteiger partial charge in [0.2, 0.25) is 0 Å². The number of hydrogen-bond acceptors (Lipinski definition) is 4. The summed E-state index contributed by atoms with van der Waals surface area (Å²) >= 11 is 1.04. The third-order valence-corrected chi connectivity index (χ3v) is 5.43. The molecule has 1 amide bonds. The molecule has 0 spiro atoms. The molecule has 0 unspecified atom stereocenters. The predicted molar refractivity (Wildman–Crippen MR) is 101 cm³/mol. The van der Waals surface area contributed by atoms with E-state index in [-0.39, 0.29) is 28.9 Å². The summed E-state index contributed by atoms with van der Waals surface area (Å²) in [5.41, 5.74) is 0.579. The molecule has 0 atom stereocenters. The highest BCUT2D eigenvalue weighted by molar-refractivity contribution is 8.03. The van der Waals surface area contributed by atoms with Crippen LogP contribution in [0.1, 0.15) is 16.7 Å². The number of methoxy groups -OCH3 is 1. The highest BCUT2D eigenvalue weighted by Crippen LogP contribution is 2.34. The first-order valence-electron chi connectivity index (χ1n) is 8.41. The zero-order valence-corrected chi connectivity index (χ0v) is 15.8. The number of carbonyl (C=O) groups excluding carboxylic acids is 1. The van der Waals surface area contributed by atoms with Crippen LogP contribution in [0.25, 0.3) is 0 Å². The minimum absolute atomic E-state index is 0.0597. The second-order valence-electron chi connectivity index (χ2n) is 6.27. The van der Waals surface area contributed by atoms with Gasteiger partial charge in [-0.2, -0.15) is 13.2 Å². The molecule has 2 aromatic rings. The van der Waals surface area contributed by atoms with E-state index < -0.39 is 11.7 Å². The Morgan fingerprint density at radius 1 is 1.14 bits per heavy atom. The van der Waals surface area contributed by atoms with Gasteiger partial charge < -0.3 is 14.7 Å². The molecule has 0 saturated carbocycles. The van der Waals surface area contributed by atoms with Gasteiger partial charge in [0.1, 0.15) is 16.4 Å². The fourth-order valence-corrected chi connectivity index (χ4v) is 3.78. The number of ether oxygens (including phenoxy) is 1. The molecule has 3 rings (SSSR count). The fraction of sp³-hybridized carbons (Fsp3) is 0.250. The molecule has 8 heteroatoms. The minimum Gasteiger partial charge on any atom is -0.509 e. The number of hydrogen-bond donors (Lipinski definition) is 1. The zero-order valence-electron chi connectivity index (χ0n) is 15.0. The molecular formula is C20H18F3NO3S. The van der Waals surface area contributed by atoms with Crippen molar-refractivity contribution in [2.45, 2.75) is 18.5 Å². The largest absolute Gasteiger partial charge is 0.509 e. The summed E-state index contributed by atoms with van der Waals surface area (Å²) in [7, 11) is 1.56. The van der Waals surface area contributed by atoms with E-state index in [1.807, 2.05) is 12.1 Å². The Hall–Kier alpha value is -2.61. The minimum atomic E-state index is -4.42. The van der Waals surface area contributed by atoms with Gasteiger partial charge in [-0.3, -0.25) is 4.79 Å². The number of amides is 1. The average molecular weight is 409 g/mol. The van der Waals surface area contributed by atoms with Crippen molar-refractivity contribution in [1.29, 1.82) is 0 Å². The lowest BCUT2D eigenvalue weighted by molar-refractivity contribution is -0.137. The van der Waals surface area contributed by atoms with Crippen molar-refractivity contribution in [1.82, 2.24) is 4.90 Å². The first-order chi connectivity index (χ1) is 13.3. The molecule has 1 aliphatic heterocycles. The summed E-state index contributed by atoms with van der Waals surface area (Å²) < 4.78 is 43.5. The highest BCUT2D eigenvalue weighted by Gasteiger charge is 2.32. The molecule has 0 fully saturated rings. The molecule has 4 nitrogen and oxygen atoms in total. The number of benzene rings is 2. The molecule has 0 radical (unpaired) electrons. The number of nitrogens with zero attached hydrogens (tertiary/aromatic N) is 1. The molecular weight excluding hydrogens is 391 g/mol. The monoisotopic (exact) mass is 409 g/mol. The Balaban J connectivity index is 1.63. The van der Waals surface area contributed by atoms with Gasteiger partial charge in [0, 0.05) is 12.3 Å². The second kappa shape index (κ2) is 8.18. The van der Waals surface area contributed by atoms with E-state index in [1.165, 1.54) is 11.0 Å². The summed E-state index contributed by atoms with van der Waals surface area (Å²) in [5, 5.41) is 10.1. The maximum atomic E-state index is 12.8. The second-order valence-corrected chi connectivity index (χ2v) is 7.26. The van der Waals surface area contributed by atoms with Gasteiger partial charge in [-0.25, -0.2) is 0 Å². The molecule has 2 aromatic carbocycles. The van der Waals surface area contributed by atoms with Gasteiger partial charge in [0.15, 0.2) is 0 Å². The normalized spacial score (nSPS) is 14.7. The quantitative estimate of drug-likeness (QED) is 0.748. The first kappa shape index (κ1) is 20.1. The van der Waals surface area contributed by atoms with Crippen LogP contribution in [0.4, 0.5) is 13.2 Å². The molecule has 1 heterocycles. The first-order valence-corrected chi connectivity index (χ1v) is 9.39. The fourth-order valence-electron chi connectivity index (χ4n) is 2.81. The number of alkyl halides is 3. The van der Waals surface area contributed by atoms with E-state index in [4.69, 9.17) is 4.74 Å². The molecule has 1 N–H and O–H groups in total. The van der Waals surface area contributed by atoms with Crippen molar-refractivity contribution in [3.8, 4) is 5.75 Å². The molecule has 28 heavy (non-hydrogen) atoms. The summed E-state index contributed by atoms with van der Waals surface area (Å²) in [6.07, 6.45) is -4.42. The smallest absolute Gasteiger partial charge is 0.416 e. The van der Waals surface area contributed by atoms with Gasteiger partial charge >= 0.3 is 6.18 Å². The zero-order chi connectivity index (χ0) is 20.3. The van der Waals surface area contributed by atoms with E-state index in [0.717, 1.165) is 29.5 Å². The van der Waals surface area contributed by atoms with Crippen LogP contribution in [0.5, 0.6) is 5.75 Å². The number of aliphatic hydroxyl groups is 1. The van der Waals surface area contributed by atoms with Crippen molar-refractivity contribution >= 4 is 17.7 Å². The van der Waals surface area contributed by atoms with E-state index in [2.05, 4.69) is 0 Å². The van der Waals surface area contributed by atoms with Crippen LogP contribution in [0, 0.1) is 0 Å². The number of rotatable bonds is 6. The lowest BCUT2D eigenvalue weighted by Crippen LogP contribution is -2.26. The third-order valence-electron chi connectivity index (χ3n) is 4.25. The maximum absolute atomic E-state index is 12.8. The van der Waals surface area contributed by atoms with Crippen LogP contribution in [-0.4, -0.2) is 29.6 Å². The van der Waals surface area contributed by atoms with Gasteiger partial charge in [-0.15, -0.1) is 11.8 Å². The van der Waals surface area contributed by atoms with Crippen molar-refractivity contribution in [3.63, 3.8) is 0 Å². The van der Waals surface area contributed by atoms with Gasteiger partial charge in [-0.1, -0.05) is 30.3 Å². The summed E-state index contributed by atoms with van der Waals surface area (Å²) in [6, 6.07) is 12.2. The SMILES string of the molecule is COc1ccc(CN2CC(O)=C(SCc3cccc(C(F)(F)F)c3)C2=O)cc1. The van der Waals surface area contributed by atoms with E-state index in [0.29, 0.717) is 17.9 Å². The predicted octanol–water partition coefficient (Wildman–Crippen LogP) is 4.76. The summed E-state index contributed by atoms with van der Waals surface area (Å²) in [4.78, 5) is 14.2. The van der Waals surface area contributed by atoms with Crippen LogP contribution in [0.3, 0.4) is 0 Å². The molecule has 0 aromatic heterocycles. The maximum Gasteiger partial charge on any atom is 0.416 e. The Morgan fingerprint density at radius 3 is 2.50 bits per heavy atom. The number of thioether (sulfide) groups is 1. The Bertz CT molecular complexity index is 894. The van der Waals surface area contributed by atoms with Crippen LogP contribution >= 0.6 is 11.8 Å². The van der Waals surface area contributed by atoms with Crippen LogP contribution in [0.15, 0.2) is 59.2 Å². The van der Waals surface area contributed by atoms with Crippen molar-refractivity contribution in [2.75, 3.05) is 13.7 Å². The van der Waals surface area contributed by atoms with Gasteiger partial charge in [0.05, 0.1) is 19.2 Å². The topological polar surface area (TPSA) is 49.8 Å². The number of halogens is 3. The molecule has 1 aliphatic rings. The average Bonchev–Trinajstić information content (AvgIpc) is 2.93. The third kappa shape index (κ3) is 4.62. The van der Waals surface area contributed by atoms with Crippen molar-refractivity contribution < 1.29 is 27.8 Å². The summed E-state index contributed by atoms with van der Waals surface area (Å²) in [5.74, 6) is 0.474. The number of aliphatic hydroxyl groups excluding tert-OH is 1. The lowest BCUT2D eigenvalue weighted by atomic mass is 10.1. The van der Waals surface area contributed by atoms with Crippen LogP contribution in [0.2, 0.25) is 0 Å². The summed E-state index contributed by atoms with van der Waals surface area (Å²) in [6.45, 7) is 0.399. The lowest BCUT2D eigenvalue weighted by Gasteiger charge is -2.16. The van der Waals surface area contributed by atoms with E-state index >= 15 is 0 Å². The van der Waals surface area contributed by atoms with E-state index in [1.54, 1.807) is 25.3 Å². The van der Waals surface area contributed by atoms with Gasteiger partial charge in [-0.05, 0) is 29.3 Å². The molecule has 0 saturated heterocycles. The Morgan fingerprint density at radius 2 is 1.86 bits per heavy atom.